The molecule has 1 aliphatic heterocycles. The highest BCUT2D eigenvalue weighted by molar-refractivity contribution is 6.01. The van der Waals surface area contributed by atoms with Crippen LogP contribution in [-0.4, -0.2) is 34.3 Å². The largest absolute Gasteiger partial charge is 0.297 e. The molecule has 1 saturated heterocycles. The molecule has 5 nitrogen and oxygen atoms in total. The molecule has 2 rings (SSSR count). The van der Waals surface area contributed by atoms with Crippen LogP contribution >= 0.6 is 0 Å². The van der Waals surface area contributed by atoms with Gasteiger partial charge in [0.2, 0.25) is 11.8 Å². The van der Waals surface area contributed by atoms with Crippen LogP contribution in [0.15, 0.2) is 24.5 Å². The van der Waals surface area contributed by atoms with Gasteiger partial charge in [0.1, 0.15) is 0 Å². The minimum atomic E-state index is -0.246. The van der Waals surface area contributed by atoms with Gasteiger partial charge in [0.15, 0.2) is 0 Å². The van der Waals surface area contributed by atoms with Gasteiger partial charge >= 0.3 is 0 Å². The Bertz CT molecular complexity index is 419. The molecule has 0 radical (unpaired) electrons. The average molecular weight is 233 g/mol. The standard InChI is InChI=1S/C12H15N3O2/c1-2-10-12(17)15(11(16)7-14-10)8-9-4-3-5-13-6-9/h3-6,10,14H,2,7-8H2,1H3. The molecule has 17 heavy (non-hydrogen) atoms. The lowest BCUT2D eigenvalue weighted by Crippen LogP contribution is -2.57. The highest BCUT2D eigenvalue weighted by Crippen LogP contribution is 2.10. The molecule has 1 unspecified atom stereocenters. The summed E-state index contributed by atoms with van der Waals surface area (Å²) in [6, 6.07) is 3.41. The maximum absolute atomic E-state index is 12.0. The van der Waals surface area contributed by atoms with Gasteiger partial charge in [-0.3, -0.25) is 24.8 Å². The molecule has 2 heterocycles. The summed E-state index contributed by atoms with van der Waals surface area (Å²) >= 11 is 0. The molecule has 0 saturated carbocycles. The Morgan fingerprint density at radius 3 is 3.00 bits per heavy atom. The van der Waals surface area contributed by atoms with Gasteiger partial charge in [-0.1, -0.05) is 13.0 Å². The van der Waals surface area contributed by atoms with E-state index in [9.17, 15) is 9.59 Å². The van der Waals surface area contributed by atoms with Crippen molar-refractivity contribution in [2.24, 2.45) is 0 Å². The maximum atomic E-state index is 12.0. The predicted octanol–water partition coefficient (Wildman–Crippen LogP) is 0.319. The molecule has 0 spiro atoms. The number of carbonyl (C=O) groups excluding carboxylic acids is 2. The molecule has 1 aromatic rings. The van der Waals surface area contributed by atoms with Crippen molar-refractivity contribution in [3.8, 4) is 0 Å². The van der Waals surface area contributed by atoms with Crippen molar-refractivity contribution in [3.05, 3.63) is 30.1 Å². The van der Waals surface area contributed by atoms with E-state index in [0.717, 1.165) is 5.56 Å². The van der Waals surface area contributed by atoms with Crippen LogP contribution < -0.4 is 5.32 Å². The van der Waals surface area contributed by atoms with Gasteiger partial charge in [-0.2, -0.15) is 0 Å². The summed E-state index contributed by atoms with van der Waals surface area (Å²) in [4.78, 5) is 29.0. The Morgan fingerprint density at radius 2 is 2.35 bits per heavy atom. The van der Waals surface area contributed by atoms with Gasteiger partial charge in [0.05, 0.1) is 19.1 Å². The van der Waals surface area contributed by atoms with Crippen molar-refractivity contribution < 1.29 is 9.59 Å². The highest BCUT2D eigenvalue weighted by Gasteiger charge is 2.32. The predicted molar refractivity (Wildman–Crippen MR) is 61.9 cm³/mol. The first kappa shape index (κ1) is 11.7. The Hall–Kier alpha value is -1.75. The van der Waals surface area contributed by atoms with Crippen LogP contribution in [0.4, 0.5) is 0 Å². The molecule has 0 bridgehead atoms. The van der Waals surface area contributed by atoms with Crippen LogP contribution in [0.5, 0.6) is 0 Å². The van der Waals surface area contributed by atoms with Crippen LogP contribution in [0.3, 0.4) is 0 Å². The normalized spacial score (nSPS) is 20.8. The smallest absolute Gasteiger partial charge is 0.246 e. The molecule has 1 fully saturated rings. The molecular formula is C12H15N3O2. The molecule has 90 valence electrons. The van der Waals surface area contributed by atoms with E-state index in [0.29, 0.717) is 13.0 Å². The fourth-order valence-corrected chi connectivity index (χ4v) is 1.86. The molecule has 0 aliphatic carbocycles. The highest BCUT2D eigenvalue weighted by atomic mass is 16.2. The minimum absolute atomic E-state index is 0.146. The fraction of sp³-hybridized carbons (Fsp3) is 0.417. The van der Waals surface area contributed by atoms with Crippen LogP contribution in [0.2, 0.25) is 0 Å². The number of nitrogens with one attached hydrogen (secondary N) is 1. The lowest BCUT2D eigenvalue weighted by Gasteiger charge is -2.31. The summed E-state index contributed by atoms with van der Waals surface area (Å²) in [5.41, 5.74) is 0.867. The molecule has 1 N–H and O–H groups in total. The second-order valence-electron chi connectivity index (χ2n) is 4.02. The summed E-state index contributed by atoms with van der Waals surface area (Å²) in [6.45, 7) is 2.46. The zero-order valence-electron chi connectivity index (χ0n) is 9.72. The number of piperazine rings is 1. The van der Waals surface area contributed by atoms with E-state index in [1.807, 2.05) is 13.0 Å². The molecule has 5 heteroatoms. The van der Waals surface area contributed by atoms with Crippen LogP contribution in [0, 0.1) is 0 Å². The third-order valence-electron chi connectivity index (χ3n) is 2.84. The van der Waals surface area contributed by atoms with Crippen molar-refractivity contribution >= 4 is 11.8 Å². The number of amides is 2. The third kappa shape index (κ3) is 2.50. The number of hydrogen-bond donors (Lipinski definition) is 1. The van der Waals surface area contributed by atoms with Crippen molar-refractivity contribution in [2.75, 3.05) is 6.54 Å². The SMILES string of the molecule is CCC1NCC(=O)N(Cc2cccnc2)C1=O. The minimum Gasteiger partial charge on any atom is -0.297 e. The molecule has 1 aliphatic rings. The van der Waals surface area contributed by atoms with E-state index < -0.39 is 0 Å². The lowest BCUT2D eigenvalue weighted by molar-refractivity contribution is -0.150. The van der Waals surface area contributed by atoms with Crippen molar-refractivity contribution in [3.63, 3.8) is 0 Å². The van der Waals surface area contributed by atoms with Crippen molar-refractivity contribution in [2.45, 2.75) is 25.9 Å². The second kappa shape index (κ2) is 5.05. The van der Waals surface area contributed by atoms with E-state index in [-0.39, 0.29) is 24.4 Å². The number of aromatic nitrogens is 1. The zero-order chi connectivity index (χ0) is 12.3. The number of pyridine rings is 1. The van der Waals surface area contributed by atoms with Gasteiger partial charge in [0.25, 0.3) is 0 Å². The number of nitrogens with zero attached hydrogens (tertiary/aromatic N) is 2. The number of imide groups is 1. The summed E-state index contributed by atoms with van der Waals surface area (Å²) in [5, 5.41) is 2.93. The molecule has 0 aromatic carbocycles. The van der Waals surface area contributed by atoms with E-state index in [1.54, 1.807) is 18.5 Å². The van der Waals surface area contributed by atoms with E-state index >= 15 is 0 Å². The van der Waals surface area contributed by atoms with E-state index in [2.05, 4.69) is 10.3 Å². The first-order chi connectivity index (χ1) is 8.22. The van der Waals surface area contributed by atoms with Crippen LogP contribution in [0.25, 0.3) is 0 Å². The maximum Gasteiger partial charge on any atom is 0.246 e. The lowest BCUT2D eigenvalue weighted by atomic mass is 10.1. The quantitative estimate of drug-likeness (QED) is 0.764. The van der Waals surface area contributed by atoms with Gasteiger partial charge in [-0.25, -0.2) is 0 Å². The van der Waals surface area contributed by atoms with Crippen LogP contribution in [0.1, 0.15) is 18.9 Å². The number of hydrogen-bond acceptors (Lipinski definition) is 4. The Kier molecular flexibility index (Phi) is 3.49. The molecule has 2 amide bonds. The van der Waals surface area contributed by atoms with E-state index in [4.69, 9.17) is 0 Å². The van der Waals surface area contributed by atoms with Gasteiger partial charge in [-0.15, -0.1) is 0 Å². The summed E-state index contributed by atoms with van der Waals surface area (Å²) in [6.07, 6.45) is 4.03. The molecular weight excluding hydrogens is 218 g/mol. The second-order valence-corrected chi connectivity index (χ2v) is 4.02. The monoisotopic (exact) mass is 233 g/mol. The Morgan fingerprint density at radius 1 is 1.53 bits per heavy atom. The summed E-state index contributed by atoms with van der Waals surface area (Å²) < 4.78 is 0. The van der Waals surface area contributed by atoms with Crippen LogP contribution in [-0.2, 0) is 16.1 Å². The average Bonchev–Trinajstić information content (AvgIpc) is 2.36. The van der Waals surface area contributed by atoms with Gasteiger partial charge in [-0.05, 0) is 18.1 Å². The first-order valence-corrected chi connectivity index (χ1v) is 5.69. The first-order valence-electron chi connectivity index (χ1n) is 5.69. The van der Waals surface area contributed by atoms with Gasteiger partial charge in [0, 0.05) is 12.4 Å². The van der Waals surface area contributed by atoms with Crippen molar-refractivity contribution in [1.82, 2.24) is 15.2 Å². The topological polar surface area (TPSA) is 62.3 Å². The number of carbonyl (C=O) groups is 2. The van der Waals surface area contributed by atoms with E-state index in [1.165, 1.54) is 4.90 Å². The zero-order valence-corrected chi connectivity index (χ0v) is 9.72. The van der Waals surface area contributed by atoms with Gasteiger partial charge < -0.3 is 0 Å². The molecule has 1 aromatic heterocycles. The Balaban J connectivity index is 2.13. The number of rotatable bonds is 3. The summed E-state index contributed by atoms with van der Waals surface area (Å²) in [7, 11) is 0. The summed E-state index contributed by atoms with van der Waals surface area (Å²) in [5.74, 6) is -0.323. The fourth-order valence-electron chi connectivity index (χ4n) is 1.86. The Labute approximate surface area is 99.8 Å². The molecule has 1 atom stereocenters. The van der Waals surface area contributed by atoms with Crippen molar-refractivity contribution in [1.29, 1.82) is 0 Å². The third-order valence-corrected chi connectivity index (χ3v) is 2.84.